The first-order valence-corrected chi connectivity index (χ1v) is 8.38. The summed E-state index contributed by atoms with van der Waals surface area (Å²) in [6.07, 6.45) is 5.70. The molecule has 2 aromatic rings. The summed E-state index contributed by atoms with van der Waals surface area (Å²) in [5.74, 6) is 2.03. The fourth-order valence-electron chi connectivity index (χ4n) is 3.12. The molecule has 1 fully saturated rings. The average Bonchev–Trinajstić information content (AvgIpc) is 3.30. The first-order valence-electron chi connectivity index (χ1n) is 8.38. The highest BCUT2D eigenvalue weighted by Crippen LogP contribution is 2.32. The zero-order valence-corrected chi connectivity index (χ0v) is 14.9. The van der Waals surface area contributed by atoms with Crippen molar-refractivity contribution in [2.75, 3.05) is 27.3 Å². The lowest BCUT2D eigenvalue weighted by molar-refractivity contribution is 0.205. The molecule has 1 atom stereocenters. The Balaban J connectivity index is 1.94. The maximum absolute atomic E-state index is 12.6. The summed E-state index contributed by atoms with van der Waals surface area (Å²) >= 11 is 0. The van der Waals surface area contributed by atoms with Crippen LogP contribution in [0.2, 0.25) is 0 Å². The summed E-state index contributed by atoms with van der Waals surface area (Å²) < 4.78 is 12.6. The van der Waals surface area contributed by atoms with E-state index in [4.69, 9.17) is 9.47 Å². The van der Waals surface area contributed by atoms with Gasteiger partial charge < -0.3 is 24.3 Å². The summed E-state index contributed by atoms with van der Waals surface area (Å²) in [6, 6.07) is 5.20. The van der Waals surface area contributed by atoms with Crippen LogP contribution in [-0.2, 0) is 7.05 Å². The molecule has 0 saturated carbocycles. The van der Waals surface area contributed by atoms with Gasteiger partial charge in [-0.15, -0.1) is 0 Å². The van der Waals surface area contributed by atoms with Gasteiger partial charge in [0, 0.05) is 32.5 Å². The highest BCUT2D eigenvalue weighted by molar-refractivity contribution is 5.75. The van der Waals surface area contributed by atoms with Crippen LogP contribution in [0.1, 0.15) is 30.3 Å². The molecular weight excluding hydrogens is 320 g/mol. The predicted octanol–water partition coefficient (Wildman–Crippen LogP) is 2.33. The van der Waals surface area contributed by atoms with Gasteiger partial charge in [-0.05, 0) is 30.5 Å². The van der Waals surface area contributed by atoms with Gasteiger partial charge in [-0.25, -0.2) is 9.78 Å². The molecule has 7 heteroatoms. The van der Waals surface area contributed by atoms with Crippen molar-refractivity contribution in [3.63, 3.8) is 0 Å². The molecule has 1 aromatic carbocycles. The number of methoxy groups -OCH3 is 2. The number of hydrogen-bond donors (Lipinski definition) is 1. The summed E-state index contributed by atoms with van der Waals surface area (Å²) in [7, 11) is 5.11. The van der Waals surface area contributed by atoms with Crippen molar-refractivity contribution < 1.29 is 14.3 Å². The van der Waals surface area contributed by atoms with Crippen LogP contribution < -0.4 is 14.8 Å². The van der Waals surface area contributed by atoms with Gasteiger partial charge in [-0.3, -0.25) is 0 Å². The number of rotatable bonds is 5. The van der Waals surface area contributed by atoms with E-state index in [1.165, 1.54) is 0 Å². The fourth-order valence-corrected chi connectivity index (χ4v) is 3.12. The molecule has 1 aromatic heterocycles. The Kier molecular flexibility index (Phi) is 5.11. The lowest BCUT2D eigenvalue weighted by Gasteiger charge is -2.24. The maximum Gasteiger partial charge on any atom is 0.318 e. The Bertz CT molecular complexity index is 738. The van der Waals surface area contributed by atoms with Crippen molar-refractivity contribution in [3.8, 4) is 11.5 Å². The maximum atomic E-state index is 12.6. The molecule has 3 rings (SSSR count). The molecular formula is C18H24N4O3. The Labute approximate surface area is 147 Å². The molecule has 1 saturated heterocycles. The Morgan fingerprint density at radius 3 is 2.52 bits per heavy atom. The summed E-state index contributed by atoms with van der Waals surface area (Å²) in [4.78, 5) is 18.9. The van der Waals surface area contributed by atoms with E-state index in [1.54, 1.807) is 20.4 Å². The number of hydrogen-bond acceptors (Lipinski definition) is 4. The summed E-state index contributed by atoms with van der Waals surface area (Å²) in [5, 5.41) is 3.11. The van der Waals surface area contributed by atoms with E-state index in [0.29, 0.717) is 11.5 Å². The molecule has 0 aliphatic carbocycles. The number of likely N-dealkylation sites (tertiary alicyclic amines) is 1. The van der Waals surface area contributed by atoms with E-state index in [9.17, 15) is 4.79 Å². The van der Waals surface area contributed by atoms with Gasteiger partial charge in [0.1, 0.15) is 11.9 Å². The van der Waals surface area contributed by atoms with Crippen molar-refractivity contribution in [2.45, 2.75) is 18.9 Å². The number of aromatic nitrogens is 2. The van der Waals surface area contributed by atoms with Crippen LogP contribution in [0.25, 0.3) is 0 Å². The standard InChI is InChI=1S/C18H24N4O3/c1-21-11-8-19-17(21)16(20-18(23)22-9-4-5-10-22)13-6-7-14(24-2)15(12-13)25-3/h6-8,11-12,16H,4-5,9-10H2,1-3H3,(H,20,23). The smallest absolute Gasteiger partial charge is 0.318 e. The minimum Gasteiger partial charge on any atom is -0.493 e. The topological polar surface area (TPSA) is 68.6 Å². The van der Waals surface area contributed by atoms with Gasteiger partial charge in [0.15, 0.2) is 11.5 Å². The zero-order chi connectivity index (χ0) is 17.8. The third kappa shape index (κ3) is 3.55. The molecule has 134 valence electrons. The minimum absolute atomic E-state index is 0.0692. The molecule has 2 heterocycles. The molecule has 0 radical (unpaired) electrons. The molecule has 1 aliphatic rings. The summed E-state index contributed by atoms with van der Waals surface area (Å²) in [5.41, 5.74) is 0.888. The number of nitrogens with one attached hydrogen (secondary N) is 1. The molecule has 7 nitrogen and oxygen atoms in total. The second-order valence-electron chi connectivity index (χ2n) is 6.09. The van der Waals surface area contributed by atoms with E-state index >= 15 is 0 Å². The number of urea groups is 1. The number of nitrogens with zero attached hydrogens (tertiary/aromatic N) is 3. The van der Waals surface area contributed by atoms with Crippen molar-refractivity contribution in [3.05, 3.63) is 42.0 Å². The quantitative estimate of drug-likeness (QED) is 0.904. The highest BCUT2D eigenvalue weighted by atomic mass is 16.5. The molecule has 2 amide bonds. The van der Waals surface area contributed by atoms with E-state index in [0.717, 1.165) is 37.3 Å². The third-order valence-electron chi connectivity index (χ3n) is 4.52. The van der Waals surface area contributed by atoms with Gasteiger partial charge >= 0.3 is 6.03 Å². The van der Waals surface area contributed by atoms with Crippen LogP contribution in [0.15, 0.2) is 30.6 Å². The Hall–Kier alpha value is -2.70. The average molecular weight is 344 g/mol. The third-order valence-corrected chi connectivity index (χ3v) is 4.52. The van der Waals surface area contributed by atoms with E-state index < -0.39 is 0 Å². The van der Waals surface area contributed by atoms with E-state index in [-0.39, 0.29) is 12.1 Å². The van der Waals surface area contributed by atoms with Crippen LogP contribution in [0.5, 0.6) is 11.5 Å². The number of carbonyl (C=O) groups excluding carboxylic acids is 1. The molecule has 0 bridgehead atoms. The van der Waals surface area contributed by atoms with Crippen LogP contribution >= 0.6 is 0 Å². The second-order valence-corrected chi connectivity index (χ2v) is 6.09. The molecule has 1 aliphatic heterocycles. The SMILES string of the molecule is COc1ccc(C(NC(=O)N2CCCC2)c2nccn2C)cc1OC. The molecule has 0 spiro atoms. The van der Waals surface area contributed by atoms with Crippen molar-refractivity contribution >= 4 is 6.03 Å². The first kappa shape index (κ1) is 17.1. The van der Waals surface area contributed by atoms with Crippen LogP contribution in [-0.4, -0.2) is 47.8 Å². The van der Waals surface area contributed by atoms with Gasteiger partial charge in [0.2, 0.25) is 0 Å². The van der Waals surface area contributed by atoms with Crippen LogP contribution in [0, 0.1) is 0 Å². The van der Waals surface area contributed by atoms with Gasteiger partial charge in [-0.1, -0.05) is 6.07 Å². The number of benzene rings is 1. The normalized spacial score (nSPS) is 15.1. The van der Waals surface area contributed by atoms with Crippen molar-refractivity contribution in [1.29, 1.82) is 0 Å². The number of amides is 2. The molecule has 1 unspecified atom stereocenters. The van der Waals surface area contributed by atoms with Crippen molar-refractivity contribution in [1.82, 2.24) is 19.8 Å². The van der Waals surface area contributed by atoms with Crippen LogP contribution in [0.4, 0.5) is 4.79 Å². The predicted molar refractivity (Wildman–Crippen MR) is 93.9 cm³/mol. The van der Waals surface area contributed by atoms with Crippen molar-refractivity contribution in [2.24, 2.45) is 7.05 Å². The number of ether oxygens (including phenoxy) is 2. The minimum atomic E-state index is -0.368. The Morgan fingerprint density at radius 1 is 1.20 bits per heavy atom. The summed E-state index contributed by atoms with van der Waals surface area (Å²) in [6.45, 7) is 1.59. The van der Waals surface area contributed by atoms with Gasteiger partial charge in [0.05, 0.1) is 14.2 Å². The molecule has 1 N–H and O–H groups in total. The largest absolute Gasteiger partial charge is 0.493 e. The first-order chi connectivity index (χ1) is 12.1. The van der Waals surface area contributed by atoms with Crippen LogP contribution in [0.3, 0.4) is 0 Å². The molecule has 25 heavy (non-hydrogen) atoms. The zero-order valence-electron chi connectivity index (χ0n) is 14.9. The number of aryl methyl sites for hydroxylation is 1. The number of imidazole rings is 1. The number of carbonyl (C=O) groups is 1. The lowest BCUT2D eigenvalue weighted by atomic mass is 10.1. The highest BCUT2D eigenvalue weighted by Gasteiger charge is 2.26. The monoisotopic (exact) mass is 344 g/mol. The van der Waals surface area contributed by atoms with E-state index in [2.05, 4.69) is 10.3 Å². The van der Waals surface area contributed by atoms with E-state index in [1.807, 2.05) is 40.9 Å². The second kappa shape index (κ2) is 7.46. The fraction of sp³-hybridized carbons (Fsp3) is 0.444. The lowest BCUT2D eigenvalue weighted by Crippen LogP contribution is -2.41. The van der Waals surface area contributed by atoms with Gasteiger partial charge in [-0.2, -0.15) is 0 Å². The Morgan fingerprint density at radius 2 is 1.92 bits per heavy atom. The van der Waals surface area contributed by atoms with Gasteiger partial charge in [0.25, 0.3) is 0 Å².